The molecule has 1 atom stereocenters. The molecule has 1 saturated heterocycles. The van der Waals surface area contributed by atoms with Crippen molar-refractivity contribution in [3.8, 4) is 0 Å². The van der Waals surface area contributed by atoms with Gasteiger partial charge in [-0.15, -0.1) is 0 Å². The number of rotatable bonds is 1. The lowest BCUT2D eigenvalue weighted by molar-refractivity contribution is 0.0979. The molecule has 2 aliphatic rings. The number of aryl methyl sites for hydroxylation is 1. The average molecular weight is 323 g/mol. The highest BCUT2D eigenvalue weighted by Gasteiger charge is 2.34. The fourth-order valence-electron chi connectivity index (χ4n) is 3.82. The molecule has 124 valence electrons. The van der Waals surface area contributed by atoms with E-state index in [0.717, 1.165) is 36.5 Å². The van der Waals surface area contributed by atoms with E-state index >= 15 is 0 Å². The van der Waals surface area contributed by atoms with Gasteiger partial charge in [0.05, 0.1) is 0 Å². The normalized spacial score (nSPS) is 20.4. The van der Waals surface area contributed by atoms with E-state index in [1.165, 1.54) is 12.5 Å². The number of para-hydroxylation sites is 1. The van der Waals surface area contributed by atoms with Crippen molar-refractivity contribution in [2.24, 2.45) is 0 Å². The van der Waals surface area contributed by atoms with Crippen molar-refractivity contribution in [2.75, 3.05) is 18.0 Å². The molecule has 5 nitrogen and oxygen atoms in total. The lowest BCUT2D eigenvalue weighted by Gasteiger charge is -2.26. The second-order valence-corrected chi connectivity index (χ2v) is 6.70. The van der Waals surface area contributed by atoms with Crippen LogP contribution in [-0.4, -0.2) is 34.9 Å². The zero-order chi connectivity index (χ0) is 16.7. The summed E-state index contributed by atoms with van der Waals surface area (Å²) in [7, 11) is 0. The third-order valence-corrected chi connectivity index (χ3v) is 5.08. The number of aromatic nitrogens is 1. The smallest absolute Gasteiger partial charge is 0.263 e. The van der Waals surface area contributed by atoms with Gasteiger partial charge in [0.25, 0.3) is 5.91 Å². The summed E-state index contributed by atoms with van der Waals surface area (Å²) in [5.74, 6) is -0.211. The van der Waals surface area contributed by atoms with Gasteiger partial charge in [-0.05, 0) is 37.9 Å². The molecule has 0 saturated carbocycles. The molecule has 24 heavy (non-hydrogen) atoms. The van der Waals surface area contributed by atoms with Crippen LogP contribution >= 0.6 is 0 Å². The van der Waals surface area contributed by atoms with Gasteiger partial charge in [0.2, 0.25) is 0 Å². The predicted molar refractivity (Wildman–Crippen MR) is 93.4 cm³/mol. The second-order valence-electron chi connectivity index (χ2n) is 6.70. The number of nitrogens with zero attached hydrogens (tertiary/aromatic N) is 2. The quantitative estimate of drug-likeness (QED) is 0.876. The maximum atomic E-state index is 13.1. The predicted octanol–water partition coefficient (Wildman–Crippen LogP) is 2.31. The van der Waals surface area contributed by atoms with E-state index < -0.39 is 0 Å². The van der Waals surface area contributed by atoms with E-state index in [4.69, 9.17) is 0 Å². The summed E-state index contributed by atoms with van der Waals surface area (Å²) >= 11 is 0. The molecule has 2 aromatic rings. The van der Waals surface area contributed by atoms with Crippen LogP contribution in [0.2, 0.25) is 0 Å². The fraction of sp³-hybridized carbons (Fsp3) is 0.368. The highest BCUT2D eigenvalue weighted by molar-refractivity contribution is 6.06. The Morgan fingerprint density at radius 2 is 2.12 bits per heavy atom. The summed E-state index contributed by atoms with van der Waals surface area (Å²) in [5.41, 5.74) is 2.83. The second kappa shape index (κ2) is 5.91. The first-order valence-electron chi connectivity index (χ1n) is 8.46. The van der Waals surface area contributed by atoms with Crippen molar-refractivity contribution < 1.29 is 4.79 Å². The Morgan fingerprint density at radius 1 is 1.29 bits per heavy atom. The number of hydrogen-bond acceptors (Lipinski definition) is 3. The number of amides is 1. The molecule has 0 aliphatic carbocycles. The van der Waals surface area contributed by atoms with E-state index in [1.54, 1.807) is 11.1 Å². The number of hydrogen-bond donors (Lipinski definition) is 1. The SMILES string of the molecule is Cc1cc(=O)c(C(=O)N2CC3CCCN3Cc3ccccc32)c[nH]1. The molecule has 2 aliphatic heterocycles. The Bertz CT molecular complexity index is 843. The van der Waals surface area contributed by atoms with Crippen molar-refractivity contribution in [2.45, 2.75) is 32.4 Å². The van der Waals surface area contributed by atoms with Crippen LogP contribution in [0.25, 0.3) is 0 Å². The summed E-state index contributed by atoms with van der Waals surface area (Å²) < 4.78 is 0. The van der Waals surface area contributed by atoms with Gasteiger partial charge >= 0.3 is 0 Å². The number of carbonyl (C=O) groups excluding carboxylic acids is 1. The maximum absolute atomic E-state index is 13.1. The minimum atomic E-state index is -0.221. The molecule has 4 rings (SSSR count). The van der Waals surface area contributed by atoms with Gasteiger partial charge in [0.15, 0.2) is 5.43 Å². The Kier molecular flexibility index (Phi) is 3.73. The number of fused-ring (bicyclic) bond motifs is 2. The molecule has 1 aromatic carbocycles. The number of anilines is 1. The Morgan fingerprint density at radius 3 is 2.96 bits per heavy atom. The Labute approximate surface area is 140 Å². The summed E-state index contributed by atoms with van der Waals surface area (Å²) in [6.07, 6.45) is 3.81. The van der Waals surface area contributed by atoms with E-state index in [1.807, 2.05) is 25.1 Å². The van der Waals surface area contributed by atoms with Crippen molar-refractivity contribution in [1.29, 1.82) is 0 Å². The van der Waals surface area contributed by atoms with Gasteiger partial charge in [-0.3, -0.25) is 14.5 Å². The van der Waals surface area contributed by atoms with Crippen LogP contribution < -0.4 is 10.3 Å². The summed E-state index contributed by atoms with van der Waals surface area (Å²) in [6.45, 7) is 4.40. The van der Waals surface area contributed by atoms with Crippen LogP contribution in [0.15, 0.2) is 41.3 Å². The maximum Gasteiger partial charge on any atom is 0.263 e. The van der Waals surface area contributed by atoms with Gasteiger partial charge in [0, 0.05) is 42.8 Å². The number of aromatic amines is 1. The first kappa shape index (κ1) is 15.1. The molecule has 1 aromatic heterocycles. The van der Waals surface area contributed by atoms with Crippen LogP contribution in [0.1, 0.15) is 34.5 Å². The zero-order valence-corrected chi connectivity index (χ0v) is 13.8. The van der Waals surface area contributed by atoms with Crippen LogP contribution in [0.5, 0.6) is 0 Å². The third-order valence-electron chi connectivity index (χ3n) is 5.08. The first-order valence-corrected chi connectivity index (χ1v) is 8.46. The molecule has 3 heterocycles. The number of nitrogens with one attached hydrogen (secondary N) is 1. The number of pyridine rings is 1. The van der Waals surface area contributed by atoms with E-state index in [9.17, 15) is 9.59 Å². The number of H-pyrrole nitrogens is 1. The van der Waals surface area contributed by atoms with Crippen molar-refractivity contribution in [1.82, 2.24) is 9.88 Å². The fourth-order valence-corrected chi connectivity index (χ4v) is 3.82. The highest BCUT2D eigenvalue weighted by atomic mass is 16.2. The van der Waals surface area contributed by atoms with Gasteiger partial charge in [-0.1, -0.05) is 18.2 Å². The zero-order valence-electron chi connectivity index (χ0n) is 13.8. The summed E-state index contributed by atoms with van der Waals surface area (Å²) in [4.78, 5) is 32.6. The van der Waals surface area contributed by atoms with E-state index in [-0.39, 0.29) is 16.9 Å². The van der Waals surface area contributed by atoms with E-state index in [0.29, 0.717) is 12.6 Å². The van der Waals surface area contributed by atoms with Gasteiger partial charge in [-0.2, -0.15) is 0 Å². The highest BCUT2D eigenvalue weighted by Crippen LogP contribution is 2.32. The largest absolute Gasteiger partial charge is 0.364 e. The molecule has 1 N–H and O–H groups in total. The molecule has 0 radical (unpaired) electrons. The molecule has 1 unspecified atom stereocenters. The van der Waals surface area contributed by atoms with Crippen LogP contribution in [0, 0.1) is 6.92 Å². The number of benzene rings is 1. The minimum Gasteiger partial charge on any atom is -0.364 e. The summed E-state index contributed by atoms with van der Waals surface area (Å²) in [6, 6.07) is 9.88. The molecule has 1 amide bonds. The molecule has 1 fully saturated rings. The number of carbonyl (C=O) groups is 1. The lowest BCUT2D eigenvalue weighted by atomic mass is 10.1. The van der Waals surface area contributed by atoms with Crippen LogP contribution in [-0.2, 0) is 6.54 Å². The third kappa shape index (κ3) is 2.55. The van der Waals surface area contributed by atoms with Crippen molar-refractivity contribution in [3.05, 3.63) is 63.6 Å². The molecule has 5 heteroatoms. The van der Waals surface area contributed by atoms with Crippen LogP contribution in [0.4, 0.5) is 5.69 Å². The first-order chi connectivity index (χ1) is 11.6. The average Bonchev–Trinajstić information content (AvgIpc) is 2.93. The molecular weight excluding hydrogens is 302 g/mol. The van der Waals surface area contributed by atoms with Crippen molar-refractivity contribution >= 4 is 11.6 Å². The molecule has 0 bridgehead atoms. The molecular formula is C19H21N3O2. The van der Waals surface area contributed by atoms with Gasteiger partial charge in [0.1, 0.15) is 5.56 Å². The van der Waals surface area contributed by atoms with Crippen molar-refractivity contribution in [3.63, 3.8) is 0 Å². The monoisotopic (exact) mass is 323 g/mol. The Balaban J connectivity index is 1.77. The minimum absolute atomic E-state index is 0.210. The standard InChI is InChI=1S/C19H21N3O2/c1-13-9-18(23)16(10-20-13)19(24)22-12-15-6-4-8-21(15)11-14-5-2-3-7-17(14)22/h2-3,5,7,9-10,15H,4,6,8,11-12H2,1H3,(H,20,23). The lowest BCUT2D eigenvalue weighted by Crippen LogP contribution is -2.41. The molecule has 0 spiro atoms. The van der Waals surface area contributed by atoms with E-state index in [2.05, 4.69) is 16.0 Å². The van der Waals surface area contributed by atoms with Crippen LogP contribution in [0.3, 0.4) is 0 Å². The summed E-state index contributed by atoms with van der Waals surface area (Å²) in [5, 5.41) is 0. The van der Waals surface area contributed by atoms with Gasteiger partial charge in [-0.25, -0.2) is 0 Å². The topological polar surface area (TPSA) is 56.4 Å². The van der Waals surface area contributed by atoms with Gasteiger partial charge < -0.3 is 9.88 Å². The Hall–Kier alpha value is -2.40.